The molecular weight excluding hydrogens is 422 g/mol. The molecule has 0 aliphatic heterocycles. The van der Waals surface area contributed by atoms with Crippen molar-refractivity contribution in [2.24, 2.45) is 0 Å². The van der Waals surface area contributed by atoms with Crippen molar-refractivity contribution in [2.45, 2.75) is 18.6 Å². The second kappa shape index (κ2) is 8.76. The number of nitrogens with one attached hydrogen (secondary N) is 1. The number of amides is 1. The number of carbonyl (C=O) groups excluding carboxylic acids is 1. The molecule has 0 saturated heterocycles. The molecular formula is C21H19N3O4S2. The van der Waals surface area contributed by atoms with E-state index in [4.69, 9.17) is 9.15 Å². The Kier molecular flexibility index (Phi) is 5.91. The molecule has 3 aromatic heterocycles. The number of aromatic nitrogens is 2. The first-order chi connectivity index (χ1) is 14.5. The Morgan fingerprint density at radius 3 is 2.93 bits per heavy atom. The van der Waals surface area contributed by atoms with Crippen LogP contribution in [0.4, 0.5) is 5.69 Å². The third-order valence-corrected chi connectivity index (χ3v) is 6.24. The Hall–Kier alpha value is -3.04. The topological polar surface area (TPSA) is 86.4 Å². The van der Waals surface area contributed by atoms with E-state index in [0.717, 1.165) is 4.88 Å². The largest absolute Gasteiger partial charge is 0.497 e. The number of anilines is 1. The first-order valence-electron chi connectivity index (χ1n) is 9.13. The number of methoxy groups -OCH3 is 1. The van der Waals surface area contributed by atoms with Crippen molar-refractivity contribution >= 4 is 44.9 Å². The number of fused-ring (bicyclic) bond motifs is 1. The summed E-state index contributed by atoms with van der Waals surface area (Å²) < 4.78 is 12.1. The van der Waals surface area contributed by atoms with Crippen molar-refractivity contribution in [2.75, 3.05) is 18.2 Å². The van der Waals surface area contributed by atoms with Crippen molar-refractivity contribution in [3.63, 3.8) is 0 Å². The third-order valence-electron chi connectivity index (χ3n) is 4.32. The van der Waals surface area contributed by atoms with E-state index in [-0.39, 0.29) is 23.8 Å². The van der Waals surface area contributed by atoms with Crippen LogP contribution in [0.15, 0.2) is 63.1 Å². The van der Waals surface area contributed by atoms with E-state index < -0.39 is 0 Å². The highest BCUT2D eigenvalue weighted by atomic mass is 32.2. The molecule has 30 heavy (non-hydrogen) atoms. The van der Waals surface area contributed by atoms with Crippen molar-refractivity contribution < 1.29 is 13.9 Å². The first-order valence-corrected chi connectivity index (χ1v) is 10.9. The normalized spacial score (nSPS) is 11.0. The van der Waals surface area contributed by atoms with E-state index in [9.17, 15) is 9.59 Å². The van der Waals surface area contributed by atoms with Gasteiger partial charge in [-0.25, -0.2) is 4.98 Å². The number of furan rings is 1. The molecule has 0 aliphatic rings. The van der Waals surface area contributed by atoms with Gasteiger partial charge < -0.3 is 14.5 Å². The average Bonchev–Trinajstić information content (AvgIpc) is 3.38. The Bertz CT molecular complexity index is 1250. The van der Waals surface area contributed by atoms with Crippen LogP contribution in [0.25, 0.3) is 10.2 Å². The standard InChI is InChI=1S/C21H19N3O4S2/c1-13-9-17-19(30-13)23-21(24(20(17)26)11-16-7-4-8-28-16)29-12-18(25)22-14-5-3-6-15(10-14)27-2/h3-10H,11-12H2,1-2H3,(H,22,25). The van der Waals surface area contributed by atoms with E-state index in [1.165, 1.54) is 23.1 Å². The van der Waals surface area contributed by atoms with Gasteiger partial charge in [0.05, 0.1) is 31.1 Å². The first kappa shape index (κ1) is 20.2. The SMILES string of the molecule is COc1cccc(NC(=O)CSc2nc3sc(C)cc3c(=O)n2Cc2ccco2)c1. The fourth-order valence-corrected chi connectivity index (χ4v) is 4.67. The van der Waals surface area contributed by atoms with E-state index in [0.29, 0.717) is 32.6 Å². The number of rotatable bonds is 7. The summed E-state index contributed by atoms with van der Waals surface area (Å²) in [7, 11) is 1.57. The number of ether oxygens (including phenoxy) is 1. The lowest BCUT2D eigenvalue weighted by molar-refractivity contribution is -0.113. The predicted molar refractivity (Wildman–Crippen MR) is 119 cm³/mol. The van der Waals surface area contributed by atoms with E-state index in [1.807, 2.05) is 13.0 Å². The second-order valence-electron chi connectivity index (χ2n) is 6.51. The van der Waals surface area contributed by atoms with Crippen molar-refractivity contribution in [1.29, 1.82) is 0 Å². The monoisotopic (exact) mass is 441 g/mol. The molecule has 154 valence electrons. The Labute approximate surface area is 180 Å². The van der Waals surface area contributed by atoms with Crippen LogP contribution in [-0.2, 0) is 11.3 Å². The minimum absolute atomic E-state index is 0.109. The van der Waals surface area contributed by atoms with E-state index in [2.05, 4.69) is 10.3 Å². The van der Waals surface area contributed by atoms with Gasteiger partial charge >= 0.3 is 0 Å². The number of hydrogen-bond donors (Lipinski definition) is 1. The molecule has 9 heteroatoms. The smallest absolute Gasteiger partial charge is 0.263 e. The maximum absolute atomic E-state index is 13.1. The van der Waals surface area contributed by atoms with Gasteiger partial charge in [-0.1, -0.05) is 17.8 Å². The highest BCUT2D eigenvalue weighted by molar-refractivity contribution is 7.99. The lowest BCUT2D eigenvalue weighted by atomic mass is 10.3. The van der Waals surface area contributed by atoms with Gasteiger partial charge in [-0.2, -0.15) is 0 Å². The number of hydrogen-bond acceptors (Lipinski definition) is 7. The van der Waals surface area contributed by atoms with Gasteiger partial charge in [0.25, 0.3) is 5.56 Å². The van der Waals surface area contributed by atoms with Crippen LogP contribution in [0, 0.1) is 6.92 Å². The molecule has 0 atom stereocenters. The van der Waals surface area contributed by atoms with Crippen LogP contribution >= 0.6 is 23.1 Å². The number of carbonyl (C=O) groups is 1. The molecule has 0 unspecified atom stereocenters. The average molecular weight is 442 g/mol. The molecule has 4 rings (SSSR count). The molecule has 7 nitrogen and oxygen atoms in total. The minimum Gasteiger partial charge on any atom is -0.497 e. The van der Waals surface area contributed by atoms with Crippen LogP contribution in [0.2, 0.25) is 0 Å². The molecule has 0 bridgehead atoms. The van der Waals surface area contributed by atoms with Crippen LogP contribution in [0.3, 0.4) is 0 Å². The Morgan fingerprint density at radius 1 is 1.30 bits per heavy atom. The van der Waals surface area contributed by atoms with Gasteiger partial charge in [0.1, 0.15) is 16.3 Å². The van der Waals surface area contributed by atoms with E-state index in [1.54, 1.807) is 54.3 Å². The number of nitrogens with zero attached hydrogens (tertiary/aromatic N) is 2. The Balaban J connectivity index is 1.57. The minimum atomic E-state index is -0.200. The van der Waals surface area contributed by atoms with Gasteiger partial charge in [-0.05, 0) is 37.3 Å². The summed E-state index contributed by atoms with van der Waals surface area (Å²) in [6, 6.07) is 12.6. The molecule has 3 heterocycles. The van der Waals surface area contributed by atoms with Gasteiger partial charge in [0.15, 0.2) is 5.16 Å². The van der Waals surface area contributed by atoms with Crippen molar-refractivity contribution in [3.8, 4) is 5.75 Å². The quantitative estimate of drug-likeness (QED) is 0.343. The van der Waals surface area contributed by atoms with Crippen LogP contribution in [-0.4, -0.2) is 28.3 Å². The molecule has 0 aliphatic carbocycles. The second-order valence-corrected chi connectivity index (χ2v) is 8.69. The number of benzene rings is 1. The van der Waals surface area contributed by atoms with Gasteiger partial charge in [0.2, 0.25) is 5.91 Å². The third kappa shape index (κ3) is 4.42. The molecule has 1 aromatic carbocycles. The van der Waals surface area contributed by atoms with Crippen molar-refractivity contribution in [1.82, 2.24) is 9.55 Å². The predicted octanol–water partition coefficient (Wildman–Crippen LogP) is 4.15. The van der Waals surface area contributed by atoms with Gasteiger partial charge in [-0.15, -0.1) is 11.3 Å². The zero-order valence-electron chi connectivity index (χ0n) is 16.4. The number of thioether (sulfide) groups is 1. The van der Waals surface area contributed by atoms with Gasteiger partial charge in [0, 0.05) is 16.6 Å². The summed E-state index contributed by atoms with van der Waals surface area (Å²) >= 11 is 2.68. The molecule has 4 aromatic rings. The summed E-state index contributed by atoms with van der Waals surface area (Å²) in [5.74, 6) is 1.22. The zero-order valence-corrected chi connectivity index (χ0v) is 18.0. The molecule has 0 spiro atoms. The highest BCUT2D eigenvalue weighted by Crippen LogP contribution is 2.25. The number of thiophene rings is 1. The number of aryl methyl sites for hydroxylation is 1. The van der Waals surface area contributed by atoms with Crippen LogP contribution in [0.1, 0.15) is 10.6 Å². The summed E-state index contributed by atoms with van der Waals surface area (Å²) in [5.41, 5.74) is 0.502. The summed E-state index contributed by atoms with van der Waals surface area (Å²) in [5, 5.41) is 3.89. The molecule has 1 N–H and O–H groups in total. The summed E-state index contributed by atoms with van der Waals surface area (Å²) in [4.78, 5) is 31.8. The van der Waals surface area contributed by atoms with Crippen LogP contribution in [0.5, 0.6) is 5.75 Å². The Morgan fingerprint density at radius 2 is 2.17 bits per heavy atom. The molecule has 0 fully saturated rings. The van der Waals surface area contributed by atoms with Gasteiger partial charge in [-0.3, -0.25) is 14.2 Å². The fraction of sp³-hybridized carbons (Fsp3) is 0.190. The van der Waals surface area contributed by atoms with Crippen molar-refractivity contribution in [3.05, 3.63) is 69.7 Å². The maximum Gasteiger partial charge on any atom is 0.263 e. The van der Waals surface area contributed by atoms with E-state index >= 15 is 0 Å². The highest BCUT2D eigenvalue weighted by Gasteiger charge is 2.16. The maximum atomic E-state index is 13.1. The van der Waals surface area contributed by atoms with Crippen LogP contribution < -0.4 is 15.6 Å². The fourth-order valence-electron chi connectivity index (χ4n) is 2.95. The molecule has 0 saturated carbocycles. The summed E-state index contributed by atoms with van der Waals surface area (Å²) in [6.45, 7) is 2.19. The molecule has 0 radical (unpaired) electrons. The lowest BCUT2D eigenvalue weighted by Crippen LogP contribution is -2.24. The lowest BCUT2D eigenvalue weighted by Gasteiger charge is -2.11. The zero-order chi connectivity index (χ0) is 21.1. The summed E-state index contributed by atoms with van der Waals surface area (Å²) in [6.07, 6.45) is 1.56. The molecule has 1 amide bonds.